The Kier molecular flexibility index (Phi) is 7.95. The van der Waals surface area contributed by atoms with E-state index in [2.05, 4.69) is 22.1 Å². The number of furan rings is 1. The molecule has 0 spiro atoms. The van der Waals surface area contributed by atoms with Gasteiger partial charge in [-0.1, -0.05) is 19.1 Å². The summed E-state index contributed by atoms with van der Waals surface area (Å²) in [6.07, 6.45) is 8.09. The third-order valence-electron chi connectivity index (χ3n) is 9.00. The van der Waals surface area contributed by atoms with Crippen molar-refractivity contribution in [3.8, 4) is 11.5 Å². The van der Waals surface area contributed by atoms with Crippen molar-refractivity contribution in [3.63, 3.8) is 0 Å². The Bertz CT molecular complexity index is 1500. The average Bonchev–Trinajstić information content (AvgIpc) is 3.61. The maximum absolute atomic E-state index is 13.2. The van der Waals surface area contributed by atoms with Crippen LogP contribution in [-0.2, 0) is 6.61 Å². The predicted octanol–water partition coefficient (Wildman–Crippen LogP) is 6.03. The Hall–Kier alpha value is -3.49. The summed E-state index contributed by atoms with van der Waals surface area (Å²) in [6, 6.07) is 13.4. The zero-order chi connectivity index (χ0) is 28.4. The number of amides is 1. The molecule has 3 heterocycles. The number of rotatable bonds is 9. The van der Waals surface area contributed by atoms with Crippen LogP contribution in [0.15, 0.2) is 53.1 Å². The zero-order valence-electron chi connectivity index (χ0n) is 24.1. The molecule has 1 saturated carbocycles. The molecule has 4 aromatic rings. The molecular formula is C33H41N3O5. The lowest BCUT2D eigenvalue weighted by atomic mass is 9.80. The number of aromatic amines is 1. The number of hydrogen-bond acceptors (Lipinski definition) is 6. The molecule has 1 aliphatic heterocycles. The normalized spacial score (nSPS) is 23.6. The second kappa shape index (κ2) is 11.8. The maximum atomic E-state index is 13.2. The molecule has 0 bridgehead atoms. The van der Waals surface area contributed by atoms with Crippen LogP contribution in [0, 0.1) is 5.92 Å². The van der Waals surface area contributed by atoms with Crippen LogP contribution in [0.25, 0.3) is 21.9 Å². The number of ether oxygens (including phenoxy) is 2. The summed E-state index contributed by atoms with van der Waals surface area (Å²) >= 11 is 0. The monoisotopic (exact) mass is 559 g/mol. The van der Waals surface area contributed by atoms with Crippen molar-refractivity contribution in [1.29, 1.82) is 0 Å². The number of nitrogens with zero attached hydrogens (tertiary/aromatic N) is 1. The van der Waals surface area contributed by atoms with Gasteiger partial charge in [-0.2, -0.15) is 0 Å². The zero-order valence-corrected chi connectivity index (χ0v) is 24.1. The van der Waals surface area contributed by atoms with Gasteiger partial charge in [0.05, 0.1) is 24.4 Å². The van der Waals surface area contributed by atoms with Crippen LogP contribution in [0.5, 0.6) is 11.5 Å². The van der Waals surface area contributed by atoms with E-state index in [0.29, 0.717) is 18.1 Å². The largest absolute Gasteiger partial charge is 0.496 e. The SMILES string of the molecule is COc1cccc2occ(COc3cccc4[nH]c(C(=O)NC5CCC(O)(CCN6CCC[C@@H](C)C6)CC5)cc34)c12. The molecule has 1 amide bonds. The van der Waals surface area contributed by atoms with Crippen molar-refractivity contribution >= 4 is 27.8 Å². The summed E-state index contributed by atoms with van der Waals surface area (Å²) in [5, 5.41) is 16.1. The van der Waals surface area contributed by atoms with E-state index < -0.39 is 5.60 Å². The number of aromatic nitrogens is 1. The van der Waals surface area contributed by atoms with Crippen molar-refractivity contribution in [2.45, 2.75) is 70.1 Å². The summed E-state index contributed by atoms with van der Waals surface area (Å²) in [7, 11) is 1.64. The van der Waals surface area contributed by atoms with Crippen LogP contribution >= 0.6 is 0 Å². The van der Waals surface area contributed by atoms with Crippen LogP contribution in [0.3, 0.4) is 0 Å². The number of piperidine rings is 1. The van der Waals surface area contributed by atoms with Crippen LogP contribution in [0.4, 0.5) is 0 Å². The third-order valence-corrected chi connectivity index (χ3v) is 9.00. The highest BCUT2D eigenvalue weighted by Crippen LogP contribution is 2.34. The number of likely N-dealkylation sites (tertiary alicyclic amines) is 1. The molecule has 1 atom stereocenters. The van der Waals surface area contributed by atoms with E-state index in [1.165, 1.54) is 12.8 Å². The van der Waals surface area contributed by atoms with Crippen molar-refractivity contribution in [2.75, 3.05) is 26.7 Å². The minimum atomic E-state index is -0.625. The van der Waals surface area contributed by atoms with Gasteiger partial charge in [0.15, 0.2) is 0 Å². The predicted molar refractivity (Wildman–Crippen MR) is 160 cm³/mol. The molecule has 3 N–H and O–H groups in total. The Labute approximate surface area is 241 Å². The molecule has 0 unspecified atom stereocenters. The van der Waals surface area contributed by atoms with Crippen molar-refractivity contribution in [1.82, 2.24) is 15.2 Å². The number of hydrogen-bond donors (Lipinski definition) is 3. The molecule has 41 heavy (non-hydrogen) atoms. The van der Waals surface area contributed by atoms with E-state index >= 15 is 0 Å². The number of benzene rings is 2. The molecule has 2 aromatic heterocycles. The summed E-state index contributed by atoms with van der Waals surface area (Å²) in [5.74, 6) is 2.05. The van der Waals surface area contributed by atoms with E-state index in [0.717, 1.165) is 90.8 Å². The lowest BCUT2D eigenvalue weighted by Crippen LogP contribution is -2.45. The lowest BCUT2D eigenvalue weighted by molar-refractivity contribution is -0.0201. The number of methoxy groups -OCH3 is 1. The third kappa shape index (κ3) is 6.09. The molecular weight excluding hydrogens is 518 g/mol. The topological polar surface area (TPSA) is 100.0 Å². The van der Waals surface area contributed by atoms with Crippen molar-refractivity contribution in [2.24, 2.45) is 5.92 Å². The fourth-order valence-corrected chi connectivity index (χ4v) is 6.60. The first-order chi connectivity index (χ1) is 19.9. The Morgan fingerprint density at radius 2 is 1.98 bits per heavy atom. The number of aliphatic hydroxyl groups is 1. The van der Waals surface area contributed by atoms with Crippen LogP contribution in [0.1, 0.15) is 67.9 Å². The second-order valence-electron chi connectivity index (χ2n) is 12.1. The van der Waals surface area contributed by atoms with E-state index in [1.807, 2.05) is 42.5 Å². The Morgan fingerprint density at radius 3 is 2.78 bits per heavy atom. The molecule has 6 rings (SSSR count). The van der Waals surface area contributed by atoms with Gasteiger partial charge in [0.25, 0.3) is 5.91 Å². The molecule has 218 valence electrons. The molecule has 0 radical (unpaired) electrons. The fourth-order valence-electron chi connectivity index (χ4n) is 6.60. The van der Waals surface area contributed by atoms with Gasteiger partial charge in [0, 0.05) is 35.6 Å². The molecule has 1 saturated heterocycles. The first-order valence-corrected chi connectivity index (χ1v) is 14.9. The molecule has 2 aliphatic rings. The number of carbonyl (C=O) groups is 1. The molecule has 2 fully saturated rings. The minimum Gasteiger partial charge on any atom is -0.496 e. The first-order valence-electron chi connectivity index (χ1n) is 14.9. The maximum Gasteiger partial charge on any atom is 0.267 e. The van der Waals surface area contributed by atoms with Gasteiger partial charge in [-0.05, 0) is 87.7 Å². The Morgan fingerprint density at radius 1 is 1.17 bits per heavy atom. The van der Waals surface area contributed by atoms with Crippen LogP contribution in [0.2, 0.25) is 0 Å². The standard InChI is InChI=1S/C33H41N3O5/c1-22-6-5-16-36(19-22)17-15-33(38)13-11-24(12-14-33)34-32(37)27-18-25-26(35-27)7-3-8-28(25)40-20-23-21-41-30-10-4-9-29(39-2)31(23)30/h3-4,7-10,18,21-22,24,35,38H,5-6,11-17,19-20H2,1-2H3,(H,34,37)/t22-,24?,33?/m1/s1. The molecule has 2 aromatic carbocycles. The highest BCUT2D eigenvalue weighted by atomic mass is 16.5. The van der Waals surface area contributed by atoms with Gasteiger partial charge >= 0.3 is 0 Å². The van der Waals surface area contributed by atoms with E-state index in [4.69, 9.17) is 13.9 Å². The lowest BCUT2D eigenvalue weighted by Gasteiger charge is -2.39. The van der Waals surface area contributed by atoms with E-state index in [1.54, 1.807) is 13.4 Å². The van der Waals surface area contributed by atoms with Crippen LogP contribution < -0.4 is 14.8 Å². The summed E-state index contributed by atoms with van der Waals surface area (Å²) in [5.41, 5.74) is 2.36. The minimum absolute atomic E-state index is 0.0595. The smallest absolute Gasteiger partial charge is 0.267 e. The van der Waals surface area contributed by atoms with Crippen LogP contribution in [-0.4, -0.2) is 59.3 Å². The second-order valence-corrected chi connectivity index (χ2v) is 12.1. The molecule has 1 aliphatic carbocycles. The molecule has 8 heteroatoms. The van der Waals surface area contributed by atoms with Gasteiger partial charge in [-0.3, -0.25) is 4.79 Å². The van der Waals surface area contributed by atoms with E-state index in [9.17, 15) is 9.90 Å². The highest BCUT2D eigenvalue weighted by Gasteiger charge is 2.34. The van der Waals surface area contributed by atoms with Gasteiger partial charge < -0.3 is 34.2 Å². The summed E-state index contributed by atoms with van der Waals surface area (Å²) < 4.78 is 17.4. The van der Waals surface area contributed by atoms with Gasteiger partial charge in [0.1, 0.15) is 29.4 Å². The number of nitrogens with one attached hydrogen (secondary N) is 2. The number of H-pyrrole nitrogens is 1. The number of carbonyl (C=O) groups excluding carboxylic acids is 1. The highest BCUT2D eigenvalue weighted by molar-refractivity contribution is 5.99. The first kappa shape index (κ1) is 27.7. The van der Waals surface area contributed by atoms with Gasteiger partial charge in [-0.15, -0.1) is 0 Å². The average molecular weight is 560 g/mol. The Balaban J connectivity index is 1.06. The summed E-state index contributed by atoms with van der Waals surface area (Å²) in [4.78, 5) is 19.0. The summed E-state index contributed by atoms with van der Waals surface area (Å²) in [6.45, 7) is 5.87. The fraction of sp³-hybridized carbons (Fsp3) is 0.485. The van der Waals surface area contributed by atoms with Gasteiger partial charge in [0.2, 0.25) is 0 Å². The quantitative estimate of drug-likeness (QED) is 0.232. The number of fused-ring (bicyclic) bond motifs is 2. The van der Waals surface area contributed by atoms with Gasteiger partial charge in [-0.25, -0.2) is 0 Å². The van der Waals surface area contributed by atoms with Crippen molar-refractivity contribution < 1.29 is 23.8 Å². The molecule has 8 nitrogen and oxygen atoms in total. The van der Waals surface area contributed by atoms with E-state index in [-0.39, 0.29) is 11.9 Å². The van der Waals surface area contributed by atoms with Crippen molar-refractivity contribution in [3.05, 3.63) is 60.0 Å².